The number of aromatic nitrogens is 2. The number of anilines is 2. The number of rotatable bonds is 9. The Balaban J connectivity index is 1.60. The first kappa shape index (κ1) is 21.9. The van der Waals surface area contributed by atoms with Gasteiger partial charge in [0.2, 0.25) is 5.95 Å². The van der Waals surface area contributed by atoms with Crippen LogP contribution < -0.4 is 20.1 Å². The second-order valence-corrected chi connectivity index (χ2v) is 7.68. The second kappa shape index (κ2) is 10.3. The van der Waals surface area contributed by atoms with Crippen LogP contribution in [0.4, 0.5) is 11.8 Å². The highest BCUT2D eigenvalue weighted by Crippen LogP contribution is 2.34. The molecule has 0 amide bonds. The van der Waals surface area contributed by atoms with E-state index in [1.165, 1.54) is 0 Å². The molecule has 1 aromatic heterocycles. The summed E-state index contributed by atoms with van der Waals surface area (Å²) in [5, 5.41) is 0.743. The maximum Gasteiger partial charge on any atom is 0.305 e. The quantitative estimate of drug-likeness (QED) is 0.489. The minimum absolute atomic E-state index is 0.0825. The average Bonchev–Trinajstić information content (AvgIpc) is 2.77. The molecule has 1 aromatic carbocycles. The fourth-order valence-electron chi connectivity index (χ4n) is 3.75. The number of fused-ring (bicyclic) bond motifs is 1. The van der Waals surface area contributed by atoms with Crippen LogP contribution in [0, 0.1) is 5.92 Å². The van der Waals surface area contributed by atoms with Crippen molar-refractivity contribution in [3.05, 3.63) is 12.1 Å². The topological polar surface area (TPSA) is 99.8 Å². The van der Waals surface area contributed by atoms with E-state index < -0.39 is 0 Å². The Morgan fingerprint density at radius 3 is 2.53 bits per heavy atom. The highest BCUT2D eigenvalue weighted by Gasteiger charge is 2.23. The van der Waals surface area contributed by atoms with Crippen molar-refractivity contribution in [2.24, 2.45) is 5.92 Å². The van der Waals surface area contributed by atoms with Crippen LogP contribution in [-0.2, 0) is 9.53 Å². The summed E-state index contributed by atoms with van der Waals surface area (Å²) in [6.45, 7) is 4.30. The fourth-order valence-corrected chi connectivity index (χ4v) is 3.75. The summed E-state index contributed by atoms with van der Waals surface area (Å²) < 4.78 is 16.0. The molecule has 3 rings (SSSR count). The second-order valence-electron chi connectivity index (χ2n) is 7.68. The monoisotopic (exact) mass is 416 g/mol. The van der Waals surface area contributed by atoms with Gasteiger partial charge in [0.05, 0.1) is 26.3 Å². The molecule has 1 aliphatic rings. The molecule has 1 fully saturated rings. The number of nitrogen functional groups attached to an aromatic ring is 1. The number of ether oxygens (including phenoxy) is 3. The largest absolute Gasteiger partial charge is 0.493 e. The van der Waals surface area contributed by atoms with Gasteiger partial charge < -0.3 is 24.8 Å². The maximum atomic E-state index is 11.8. The Hall–Kier alpha value is -2.77. The van der Waals surface area contributed by atoms with Gasteiger partial charge in [-0.2, -0.15) is 4.98 Å². The fraction of sp³-hybridized carbons (Fsp3) is 0.591. The van der Waals surface area contributed by atoms with Crippen molar-refractivity contribution in [3.63, 3.8) is 0 Å². The molecule has 164 valence electrons. The lowest BCUT2D eigenvalue weighted by atomic mass is 9.92. The normalized spacial score (nSPS) is 14.7. The number of carbonyl (C=O) groups excluding carboxylic acids is 1. The average molecular weight is 417 g/mol. The first-order chi connectivity index (χ1) is 14.5. The molecule has 1 aliphatic heterocycles. The zero-order valence-corrected chi connectivity index (χ0v) is 18.1. The van der Waals surface area contributed by atoms with Gasteiger partial charge in [0.25, 0.3) is 0 Å². The molecule has 2 N–H and O–H groups in total. The lowest BCUT2D eigenvalue weighted by Gasteiger charge is -2.32. The number of hydrogen-bond acceptors (Lipinski definition) is 8. The standard InChI is InChI=1S/C22H32N4O4/c1-4-5-12-30-20(27)7-6-15-8-10-26(11-9-15)22-24-17-14-19(29-3)18(28-2)13-16(17)21(23)25-22/h13-15H,4-12H2,1-3H3,(H2,23,24,25). The minimum atomic E-state index is -0.0825. The zero-order valence-electron chi connectivity index (χ0n) is 18.1. The number of carbonyl (C=O) groups is 1. The van der Waals surface area contributed by atoms with Gasteiger partial charge in [-0.25, -0.2) is 4.98 Å². The van der Waals surface area contributed by atoms with E-state index in [0.717, 1.165) is 56.1 Å². The number of benzene rings is 1. The molecule has 0 unspecified atom stereocenters. The number of piperidine rings is 1. The number of nitrogens with zero attached hydrogens (tertiary/aromatic N) is 3. The third-order valence-electron chi connectivity index (χ3n) is 5.63. The molecule has 2 heterocycles. The lowest BCUT2D eigenvalue weighted by molar-refractivity contribution is -0.144. The first-order valence-electron chi connectivity index (χ1n) is 10.7. The van der Waals surface area contributed by atoms with Crippen molar-refractivity contribution in [2.45, 2.75) is 45.4 Å². The summed E-state index contributed by atoms with van der Waals surface area (Å²) in [7, 11) is 3.18. The van der Waals surface area contributed by atoms with E-state index in [4.69, 9.17) is 24.9 Å². The van der Waals surface area contributed by atoms with Crippen LogP contribution in [0.15, 0.2) is 12.1 Å². The van der Waals surface area contributed by atoms with Crippen molar-refractivity contribution < 1.29 is 19.0 Å². The molecular weight excluding hydrogens is 384 g/mol. The third-order valence-corrected chi connectivity index (χ3v) is 5.63. The number of methoxy groups -OCH3 is 2. The van der Waals surface area contributed by atoms with E-state index in [0.29, 0.717) is 42.2 Å². The van der Waals surface area contributed by atoms with E-state index in [9.17, 15) is 4.79 Å². The molecule has 0 atom stereocenters. The molecule has 1 saturated heterocycles. The van der Waals surface area contributed by atoms with E-state index in [1.54, 1.807) is 20.3 Å². The summed E-state index contributed by atoms with van der Waals surface area (Å²) in [6, 6.07) is 3.63. The maximum absolute atomic E-state index is 11.8. The van der Waals surface area contributed by atoms with Crippen LogP contribution >= 0.6 is 0 Å². The number of nitrogens with two attached hydrogens (primary N) is 1. The molecule has 30 heavy (non-hydrogen) atoms. The van der Waals surface area contributed by atoms with E-state index in [1.807, 2.05) is 6.07 Å². The molecule has 0 spiro atoms. The molecular formula is C22H32N4O4. The SMILES string of the molecule is CCCCOC(=O)CCC1CCN(c2nc(N)c3cc(OC)c(OC)cc3n2)CC1. The highest BCUT2D eigenvalue weighted by atomic mass is 16.5. The Labute approximate surface area is 177 Å². The predicted octanol–water partition coefficient (Wildman–Crippen LogP) is 3.57. The molecule has 0 saturated carbocycles. The van der Waals surface area contributed by atoms with Gasteiger partial charge >= 0.3 is 5.97 Å². The van der Waals surface area contributed by atoms with Crippen molar-refractivity contribution >= 4 is 28.6 Å². The van der Waals surface area contributed by atoms with Gasteiger partial charge in [-0.1, -0.05) is 13.3 Å². The van der Waals surface area contributed by atoms with Gasteiger partial charge in [-0.15, -0.1) is 0 Å². The number of unbranched alkanes of at least 4 members (excludes halogenated alkanes) is 1. The van der Waals surface area contributed by atoms with Crippen molar-refractivity contribution in [3.8, 4) is 11.5 Å². The number of esters is 1. The van der Waals surface area contributed by atoms with Crippen molar-refractivity contribution in [1.82, 2.24) is 9.97 Å². The molecule has 0 aliphatic carbocycles. The Morgan fingerprint density at radius 2 is 1.87 bits per heavy atom. The van der Waals surface area contributed by atoms with E-state index >= 15 is 0 Å². The summed E-state index contributed by atoms with van der Waals surface area (Å²) >= 11 is 0. The predicted molar refractivity (Wildman–Crippen MR) is 117 cm³/mol. The van der Waals surface area contributed by atoms with Crippen LogP contribution in [0.1, 0.15) is 45.4 Å². The van der Waals surface area contributed by atoms with Crippen molar-refractivity contribution in [1.29, 1.82) is 0 Å². The van der Waals surface area contributed by atoms with E-state index in [-0.39, 0.29) is 5.97 Å². The third kappa shape index (κ3) is 5.23. The Morgan fingerprint density at radius 1 is 1.17 bits per heavy atom. The summed E-state index contributed by atoms with van der Waals surface area (Å²) in [4.78, 5) is 23.2. The molecule has 8 heteroatoms. The Bertz CT molecular complexity index is 866. The van der Waals surface area contributed by atoms with Crippen LogP contribution in [0.25, 0.3) is 10.9 Å². The zero-order chi connectivity index (χ0) is 21.5. The van der Waals surface area contributed by atoms with Crippen LogP contribution in [0.5, 0.6) is 11.5 Å². The van der Waals surface area contributed by atoms with Gasteiger partial charge in [0.15, 0.2) is 11.5 Å². The number of hydrogen-bond donors (Lipinski definition) is 1. The van der Waals surface area contributed by atoms with Gasteiger partial charge in [-0.05, 0) is 37.7 Å². The van der Waals surface area contributed by atoms with Crippen LogP contribution in [0.2, 0.25) is 0 Å². The first-order valence-corrected chi connectivity index (χ1v) is 10.7. The van der Waals surface area contributed by atoms with Crippen LogP contribution in [0.3, 0.4) is 0 Å². The summed E-state index contributed by atoms with van der Waals surface area (Å²) in [6.07, 6.45) is 5.32. The van der Waals surface area contributed by atoms with E-state index in [2.05, 4.69) is 16.8 Å². The Kier molecular flexibility index (Phi) is 7.54. The van der Waals surface area contributed by atoms with Gasteiger partial charge in [0, 0.05) is 31.0 Å². The minimum Gasteiger partial charge on any atom is -0.493 e. The molecule has 0 bridgehead atoms. The molecule has 2 aromatic rings. The lowest BCUT2D eigenvalue weighted by Crippen LogP contribution is -2.35. The smallest absolute Gasteiger partial charge is 0.305 e. The summed E-state index contributed by atoms with van der Waals surface area (Å²) in [5.41, 5.74) is 6.94. The summed E-state index contributed by atoms with van der Waals surface area (Å²) in [5.74, 6) is 2.70. The van der Waals surface area contributed by atoms with Crippen LogP contribution in [-0.4, -0.2) is 49.9 Å². The van der Waals surface area contributed by atoms with Gasteiger partial charge in [0.1, 0.15) is 5.82 Å². The molecule has 8 nitrogen and oxygen atoms in total. The van der Waals surface area contributed by atoms with Gasteiger partial charge in [-0.3, -0.25) is 4.79 Å². The molecule has 0 radical (unpaired) electrons. The highest BCUT2D eigenvalue weighted by molar-refractivity contribution is 5.91. The van der Waals surface area contributed by atoms with Crippen molar-refractivity contribution in [2.75, 3.05) is 44.5 Å².